The number of methoxy groups -OCH3 is 1. The first kappa shape index (κ1) is 9.27. The van der Waals surface area contributed by atoms with Crippen LogP contribution in [0, 0.1) is 17.1 Å². The number of ether oxygens (including phenoxy) is 1. The van der Waals surface area contributed by atoms with Crippen LogP contribution in [-0.2, 0) is 0 Å². The van der Waals surface area contributed by atoms with Crippen LogP contribution in [0.15, 0.2) is 24.3 Å². The number of benzene rings is 1. The van der Waals surface area contributed by atoms with Crippen LogP contribution < -0.4 is 4.74 Å². The Morgan fingerprint density at radius 1 is 1.54 bits per heavy atom. The Balaban J connectivity index is 3.17. The molecule has 1 rings (SSSR count). The number of allylic oxidation sites excluding steroid dienone is 1. The second kappa shape index (κ2) is 4.27. The molecule has 1 aromatic carbocycles. The molecule has 0 fully saturated rings. The van der Waals surface area contributed by atoms with Crippen molar-refractivity contribution in [2.45, 2.75) is 0 Å². The molecule has 66 valence electrons. The van der Waals surface area contributed by atoms with Gasteiger partial charge in [-0.3, -0.25) is 0 Å². The highest BCUT2D eigenvalue weighted by atomic mass is 19.1. The molecule has 0 spiro atoms. The molecule has 0 aliphatic heterocycles. The monoisotopic (exact) mass is 177 g/mol. The third-order valence-corrected chi connectivity index (χ3v) is 1.56. The normalized spacial score (nSPS) is 9.92. The maximum absolute atomic E-state index is 13.1. The van der Waals surface area contributed by atoms with E-state index in [4.69, 9.17) is 10.00 Å². The maximum atomic E-state index is 13.1. The molecule has 2 nitrogen and oxygen atoms in total. The fourth-order valence-corrected chi connectivity index (χ4v) is 0.978. The van der Waals surface area contributed by atoms with Gasteiger partial charge in [0.25, 0.3) is 0 Å². The molecule has 0 atom stereocenters. The van der Waals surface area contributed by atoms with Crippen molar-refractivity contribution in [3.05, 3.63) is 35.7 Å². The van der Waals surface area contributed by atoms with Gasteiger partial charge in [-0.05, 0) is 18.2 Å². The second-order valence-corrected chi connectivity index (χ2v) is 2.32. The van der Waals surface area contributed by atoms with E-state index in [0.717, 1.165) is 0 Å². The summed E-state index contributed by atoms with van der Waals surface area (Å²) in [6.45, 7) is 0. The Bertz CT molecular complexity index is 366. The molecule has 0 aliphatic rings. The van der Waals surface area contributed by atoms with Gasteiger partial charge in [-0.2, -0.15) is 5.26 Å². The summed E-state index contributed by atoms with van der Waals surface area (Å²) in [5.41, 5.74) is 0.298. The largest absolute Gasteiger partial charge is 0.496 e. The van der Waals surface area contributed by atoms with Crippen LogP contribution in [0.25, 0.3) is 6.08 Å². The molecule has 0 amide bonds. The van der Waals surface area contributed by atoms with Crippen LogP contribution in [-0.4, -0.2) is 7.11 Å². The molecular formula is C10H8FNO. The van der Waals surface area contributed by atoms with E-state index in [1.165, 1.54) is 25.3 Å². The van der Waals surface area contributed by atoms with E-state index in [-0.39, 0.29) is 0 Å². The third kappa shape index (κ3) is 2.06. The number of hydrogen-bond acceptors (Lipinski definition) is 2. The van der Waals surface area contributed by atoms with Gasteiger partial charge in [0.2, 0.25) is 0 Å². The highest BCUT2D eigenvalue weighted by molar-refractivity contribution is 5.59. The molecule has 0 aromatic heterocycles. The van der Waals surface area contributed by atoms with Crippen LogP contribution in [0.4, 0.5) is 4.39 Å². The highest BCUT2D eigenvalue weighted by Crippen LogP contribution is 2.22. The first-order valence-electron chi connectivity index (χ1n) is 3.68. The minimum atomic E-state index is -0.397. The minimum Gasteiger partial charge on any atom is -0.496 e. The molecule has 0 saturated carbocycles. The molecule has 1 aromatic rings. The zero-order chi connectivity index (χ0) is 9.68. The Labute approximate surface area is 75.9 Å². The number of nitrogens with zero attached hydrogens (tertiary/aromatic N) is 1. The van der Waals surface area contributed by atoms with Gasteiger partial charge >= 0.3 is 0 Å². The van der Waals surface area contributed by atoms with E-state index in [1.54, 1.807) is 18.2 Å². The molecule has 0 saturated heterocycles. The van der Waals surface area contributed by atoms with Crippen molar-refractivity contribution < 1.29 is 9.13 Å². The van der Waals surface area contributed by atoms with Crippen molar-refractivity contribution in [1.29, 1.82) is 5.26 Å². The molecule has 0 N–H and O–H groups in total. The van der Waals surface area contributed by atoms with Gasteiger partial charge in [-0.1, -0.05) is 6.07 Å². The number of nitriles is 1. The van der Waals surface area contributed by atoms with E-state index in [0.29, 0.717) is 11.3 Å². The second-order valence-electron chi connectivity index (χ2n) is 2.32. The van der Waals surface area contributed by atoms with Crippen molar-refractivity contribution in [2.24, 2.45) is 0 Å². The van der Waals surface area contributed by atoms with Crippen molar-refractivity contribution in [1.82, 2.24) is 0 Å². The first-order valence-corrected chi connectivity index (χ1v) is 3.68. The lowest BCUT2D eigenvalue weighted by atomic mass is 10.2. The van der Waals surface area contributed by atoms with Gasteiger partial charge in [0.1, 0.15) is 11.6 Å². The smallest absolute Gasteiger partial charge is 0.134 e. The summed E-state index contributed by atoms with van der Waals surface area (Å²) in [6, 6.07) is 6.30. The third-order valence-electron chi connectivity index (χ3n) is 1.56. The van der Waals surface area contributed by atoms with Crippen LogP contribution in [0.2, 0.25) is 0 Å². The Kier molecular flexibility index (Phi) is 3.04. The summed E-state index contributed by atoms with van der Waals surface area (Å²) in [6.07, 6.45) is 2.59. The predicted molar refractivity (Wildman–Crippen MR) is 47.6 cm³/mol. The van der Waals surface area contributed by atoms with E-state index in [1.807, 2.05) is 0 Å². The van der Waals surface area contributed by atoms with Crippen LogP contribution in [0.5, 0.6) is 5.75 Å². The summed E-state index contributed by atoms with van der Waals surface area (Å²) < 4.78 is 18.0. The standard InChI is InChI=1S/C10H8FNO/c1-13-10-6-2-5-9(11)8(10)4-3-7-12/h2-6H,1H3. The Morgan fingerprint density at radius 3 is 2.92 bits per heavy atom. The average molecular weight is 177 g/mol. The van der Waals surface area contributed by atoms with Crippen LogP contribution in [0.1, 0.15) is 5.56 Å². The number of hydrogen-bond donors (Lipinski definition) is 0. The fourth-order valence-electron chi connectivity index (χ4n) is 0.978. The molecule has 0 radical (unpaired) electrons. The van der Waals surface area contributed by atoms with Gasteiger partial charge in [-0.15, -0.1) is 0 Å². The maximum Gasteiger partial charge on any atom is 0.134 e. The molecular weight excluding hydrogens is 169 g/mol. The van der Waals surface area contributed by atoms with Gasteiger partial charge in [0.15, 0.2) is 0 Å². The Morgan fingerprint density at radius 2 is 2.31 bits per heavy atom. The van der Waals surface area contributed by atoms with Crippen molar-refractivity contribution in [2.75, 3.05) is 7.11 Å². The van der Waals surface area contributed by atoms with Gasteiger partial charge < -0.3 is 4.74 Å². The SMILES string of the molecule is COc1cccc(F)c1C=CC#N. The van der Waals surface area contributed by atoms with E-state index in [9.17, 15) is 4.39 Å². The summed E-state index contributed by atoms with van der Waals surface area (Å²) in [5.74, 6) is 0.0253. The van der Waals surface area contributed by atoms with E-state index in [2.05, 4.69) is 0 Å². The van der Waals surface area contributed by atoms with E-state index >= 15 is 0 Å². The fraction of sp³-hybridized carbons (Fsp3) is 0.100. The zero-order valence-electron chi connectivity index (χ0n) is 7.12. The predicted octanol–water partition coefficient (Wildman–Crippen LogP) is 2.37. The number of halogens is 1. The average Bonchev–Trinajstić information content (AvgIpc) is 2.15. The lowest BCUT2D eigenvalue weighted by Gasteiger charge is -2.04. The van der Waals surface area contributed by atoms with Gasteiger partial charge in [0.05, 0.1) is 18.7 Å². The van der Waals surface area contributed by atoms with Crippen molar-refractivity contribution >= 4 is 6.08 Å². The Hall–Kier alpha value is -1.82. The van der Waals surface area contributed by atoms with Crippen molar-refractivity contribution in [3.63, 3.8) is 0 Å². The van der Waals surface area contributed by atoms with Crippen LogP contribution >= 0.6 is 0 Å². The topological polar surface area (TPSA) is 33.0 Å². The summed E-state index contributed by atoms with van der Waals surface area (Å²) in [7, 11) is 1.46. The van der Waals surface area contributed by atoms with E-state index < -0.39 is 5.82 Å². The van der Waals surface area contributed by atoms with Crippen LogP contribution in [0.3, 0.4) is 0 Å². The molecule has 0 heterocycles. The quantitative estimate of drug-likeness (QED) is 0.649. The summed E-state index contributed by atoms with van der Waals surface area (Å²) in [4.78, 5) is 0. The lowest BCUT2D eigenvalue weighted by molar-refractivity contribution is 0.410. The molecule has 0 bridgehead atoms. The van der Waals surface area contributed by atoms with Crippen molar-refractivity contribution in [3.8, 4) is 11.8 Å². The summed E-state index contributed by atoms with van der Waals surface area (Å²) >= 11 is 0. The zero-order valence-corrected chi connectivity index (χ0v) is 7.12. The summed E-state index contributed by atoms with van der Waals surface area (Å²) in [5, 5.41) is 8.28. The molecule has 0 aliphatic carbocycles. The number of rotatable bonds is 2. The lowest BCUT2D eigenvalue weighted by Crippen LogP contribution is -1.89. The highest BCUT2D eigenvalue weighted by Gasteiger charge is 2.04. The minimum absolute atomic E-state index is 0.298. The molecule has 0 unspecified atom stereocenters. The molecule has 3 heteroatoms. The first-order chi connectivity index (χ1) is 6.29. The van der Waals surface area contributed by atoms with Gasteiger partial charge in [0, 0.05) is 6.08 Å². The van der Waals surface area contributed by atoms with Gasteiger partial charge in [-0.25, -0.2) is 4.39 Å². The molecule has 13 heavy (non-hydrogen) atoms.